The summed E-state index contributed by atoms with van der Waals surface area (Å²) in [4.78, 5) is 26.1. The second-order valence-electron chi connectivity index (χ2n) is 12.6. The molecular weight excluding hydrogens is 668 g/mol. The van der Waals surface area contributed by atoms with Crippen molar-refractivity contribution in [3.8, 4) is 11.8 Å². The molecule has 0 radical (unpaired) electrons. The monoisotopic (exact) mass is 702 g/mol. The van der Waals surface area contributed by atoms with Crippen LogP contribution in [-0.2, 0) is 26.9 Å². The third kappa shape index (κ3) is 5.58. The van der Waals surface area contributed by atoms with Gasteiger partial charge in [-0.2, -0.15) is 5.26 Å². The molecule has 1 N–H and O–H groups in total. The Labute approximate surface area is 289 Å². The van der Waals surface area contributed by atoms with Gasteiger partial charge in [-0.3, -0.25) is 14.6 Å². The number of aliphatic hydroxyl groups excluding tert-OH is 1. The fraction of sp³-hybridized carbons (Fsp3) is 0.343. The van der Waals surface area contributed by atoms with Crippen molar-refractivity contribution in [3.63, 3.8) is 0 Å². The number of amides is 1. The lowest BCUT2D eigenvalue weighted by Gasteiger charge is -2.41. The number of carbonyl (C=O) groups excluding carboxylic acids is 1. The number of halogens is 1. The smallest absolute Gasteiger partial charge is 0.271 e. The number of likely N-dealkylation sites (N-methyl/N-ethyl adjacent to an activating group) is 1. The predicted octanol–water partition coefficient (Wildman–Crippen LogP) is 3.74. The summed E-state index contributed by atoms with van der Waals surface area (Å²) in [5.74, 6) is -0.160. The van der Waals surface area contributed by atoms with E-state index in [1.165, 1.54) is 56.0 Å². The van der Waals surface area contributed by atoms with Crippen LogP contribution in [0.3, 0.4) is 0 Å². The number of sulfonamides is 1. The van der Waals surface area contributed by atoms with Crippen molar-refractivity contribution in [1.82, 2.24) is 19.7 Å². The highest BCUT2D eigenvalue weighted by atomic mass is 35.5. The molecule has 3 atom stereocenters. The maximum Gasteiger partial charge on any atom is 0.271 e. The SMILES string of the molecule is COc1cc(CN2CCN(C)CC2)ccc1C1(N2C[C@H](O)C[C@H]2c2ncco2)C(=O)N(S(=O)(=O)c2ccc(C#N)cc2)c2ccc(Cl)cc21. The van der Waals surface area contributed by atoms with E-state index < -0.39 is 33.6 Å². The summed E-state index contributed by atoms with van der Waals surface area (Å²) < 4.78 is 41.6. The van der Waals surface area contributed by atoms with E-state index in [4.69, 9.17) is 20.8 Å². The maximum absolute atomic E-state index is 15.5. The Bertz CT molecular complexity index is 2030. The molecule has 3 aromatic carbocycles. The van der Waals surface area contributed by atoms with E-state index in [1.54, 1.807) is 11.0 Å². The van der Waals surface area contributed by atoms with Crippen molar-refractivity contribution in [2.45, 2.75) is 35.5 Å². The molecule has 4 aromatic rings. The van der Waals surface area contributed by atoms with Crippen molar-refractivity contribution in [2.75, 3.05) is 51.2 Å². The number of hydrogen-bond donors (Lipinski definition) is 1. The number of nitrogens with zero attached hydrogens (tertiary/aromatic N) is 6. The minimum Gasteiger partial charge on any atom is -0.496 e. The lowest BCUT2D eigenvalue weighted by Crippen LogP contribution is -2.55. The minimum absolute atomic E-state index is 0.0122. The first-order valence-electron chi connectivity index (χ1n) is 15.9. The van der Waals surface area contributed by atoms with Gasteiger partial charge in [0.2, 0.25) is 5.89 Å². The van der Waals surface area contributed by atoms with Crippen LogP contribution in [-0.4, -0.2) is 92.1 Å². The number of rotatable bonds is 8. The number of carbonyl (C=O) groups is 1. The Hall–Kier alpha value is -4.29. The Morgan fingerprint density at radius 2 is 1.84 bits per heavy atom. The highest BCUT2D eigenvalue weighted by Gasteiger charge is 2.63. The molecule has 2 fully saturated rings. The normalized spacial score (nSPS) is 23.5. The van der Waals surface area contributed by atoms with Gasteiger partial charge in [0.1, 0.15) is 12.0 Å². The molecule has 254 valence electrons. The van der Waals surface area contributed by atoms with Gasteiger partial charge >= 0.3 is 0 Å². The molecule has 0 bridgehead atoms. The summed E-state index contributed by atoms with van der Waals surface area (Å²) in [6, 6.07) is 16.9. The molecule has 3 aliphatic heterocycles. The number of fused-ring (bicyclic) bond motifs is 1. The molecule has 1 unspecified atom stereocenters. The van der Waals surface area contributed by atoms with E-state index in [1.807, 2.05) is 24.3 Å². The highest BCUT2D eigenvalue weighted by molar-refractivity contribution is 7.93. The molecule has 14 heteroatoms. The number of aromatic nitrogens is 1. The van der Waals surface area contributed by atoms with Crippen LogP contribution in [0.4, 0.5) is 5.69 Å². The fourth-order valence-electron chi connectivity index (χ4n) is 7.30. The molecule has 1 amide bonds. The number of hydrogen-bond acceptors (Lipinski definition) is 11. The molecule has 7 rings (SSSR count). The third-order valence-electron chi connectivity index (χ3n) is 9.69. The summed E-state index contributed by atoms with van der Waals surface area (Å²) in [5, 5.41) is 20.8. The second-order valence-corrected chi connectivity index (χ2v) is 14.8. The van der Waals surface area contributed by atoms with Gasteiger partial charge < -0.3 is 19.2 Å². The number of anilines is 1. The van der Waals surface area contributed by atoms with Crippen LogP contribution in [0, 0.1) is 11.3 Å². The van der Waals surface area contributed by atoms with Crippen LogP contribution in [0.2, 0.25) is 5.02 Å². The molecule has 12 nitrogen and oxygen atoms in total. The van der Waals surface area contributed by atoms with Gasteiger partial charge in [0.05, 0.1) is 47.7 Å². The van der Waals surface area contributed by atoms with E-state index in [9.17, 15) is 18.8 Å². The van der Waals surface area contributed by atoms with Crippen molar-refractivity contribution >= 4 is 33.2 Å². The number of nitriles is 1. The summed E-state index contributed by atoms with van der Waals surface area (Å²) in [6.45, 7) is 4.36. The average molecular weight is 703 g/mol. The van der Waals surface area contributed by atoms with Crippen molar-refractivity contribution in [3.05, 3.63) is 106 Å². The van der Waals surface area contributed by atoms with Crippen LogP contribution in [0.25, 0.3) is 0 Å². The van der Waals surface area contributed by atoms with Gasteiger partial charge in [0.15, 0.2) is 5.54 Å². The molecular formula is C35H35ClN6O6S. The number of aliphatic hydroxyl groups is 1. The molecule has 0 aliphatic carbocycles. The van der Waals surface area contributed by atoms with E-state index in [-0.39, 0.29) is 40.0 Å². The lowest BCUT2D eigenvalue weighted by atomic mass is 9.80. The first-order chi connectivity index (χ1) is 23.6. The van der Waals surface area contributed by atoms with E-state index >= 15 is 4.79 Å². The van der Waals surface area contributed by atoms with E-state index in [0.717, 1.165) is 36.0 Å². The van der Waals surface area contributed by atoms with Crippen molar-refractivity contribution in [1.29, 1.82) is 5.26 Å². The molecule has 2 saturated heterocycles. The zero-order valence-corrected chi connectivity index (χ0v) is 28.6. The van der Waals surface area contributed by atoms with Gasteiger partial charge in [-0.15, -0.1) is 0 Å². The summed E-state index contributed by atoms with van der Waals surface area (Å²) >= 11 is 6.64. The quantitative estimate of drug-likeness (QED) is 0.287. The van der Waals surface area contributed by atoms with Gasteiger partial charge in [-0.25, -0.2) is 17.7 Å². The number of likely N-dealkylation sites (tertiary alicyclic amines) is 1. The zero-order valence-electron chi connectivity index (χ0n) is 27.0. The lowest BCUT2D eigenvalue weighted by molar-refractivity contribution is -0.127. The number of benzene rings is 3. The van der Waals surface area contributed by atoms with Gasteiger partial charge in [-0.05, 0) is 67.6 Å². The van der Waals surface area contributed by atoms with Gasteiger partial charge in [0.25, 0.3) is 15.9 Å². The molecule has 49 heavy (non-hydrogen) atoms. The first-order valence-corrected chi connectivity index (χ1v) is 17.7. The van der Waals surface area contributed by atoms with Crippen LogP contribution in [0.5, 0.6) is 5.75 Å². The highest BCUT2D eigenvalue weighted by Crippen LogP contribution is 2.56. The number of methoxy groups -OCH3 is 1. The third-order valence-corrected chi connectivity index (χ3v) is 11.6. The zero-order chi connectivity index (χ0) is 34.5. The minimum atomic E-state index is -4.53. The molecule has 0 saturated carbocycles. The molecule has 1 aromatic heterocycles. The fourth-order valence-corrected chi connectivity index (χ4v) is 8.93. The van der Waals surface area contributed by atoms with E-state index in [2.05, 4.69) is 21.8 Å². The Morgan fingerprint density at radius 3 is 2.51 bits per heavy atom. The maximum atomic E-state index is 15.5. The number of oxazole rings is 1. The Balaban J connectivity index is 1.45. The largest absolute Gasteiger partial charge is 0.496 e. The average Bonchev–Trinajstić information content (AvgIpc) is 3.83. The van der Waals surface area contributed by atoms with Gasteiger partial charge in [-0.1, -0.05) is 23.7 Å². The van der Waals surface area contributed by atoms with Gasteiger partial charge in [0, 0.05) is 55.4 Å². The standard InChI is InChI=1S/C35H35ClN6O6S/c1-39-12-14-40(15-13-39)21-24-5-9-28(32(17-24)47-2)35(41-22-26(43)19-31(41)33-38-11-16-48-33)29-18-25(36)6-10-30(29)42(34(35)44)49(45,46)27-7-3-23(20-37)4-8-27/h3-11,16-18,26,31,43H,12-15,19,21-22H2,1-2H3/t26-,31+,35?/m1/s1. The van der Waals surface area contributed by atoms with Crippen molar-refractivity contribution < 1.29 is 27.5 Å². The summed E-state index contributed by atoms with van der Waals surface area (Å²) in [7, 11) is -0.918. The first kappa shape index (κ1) is 33.2. The molecule has 3 aliphatic rings. The van der Waals surface area contributed by atoms with Crippen LogP contribution in [0.15, 0.2) is 82.4 Å². The molecule has 4 heterocycles. The number of β-amino-alcohol motifs (C(OH)–C–C–N with tert-alkyl or cyclic N) is 1. The van der Waals surface area contributed by atoms with Crippen molar-refractivity contribution in [2.24, 2.45) is 0 Å². The van der Waals surface area contributed by atoms with Crippen LogP contribution in [0.1, 0.15) is 40.6 Å². The topological polar surface area (TPSA) is 143 Å². The predicted molar refractivity (Wildman–Crippen MR) is 180 cm³/mol. The van der Waals surface area contributed by atoms with Crippen LogP contribution < -0.4 is 9.04 Å². The Kier molecular flexibility index (Phi) is 8.72. The number of ether oxygens (including phenoxy) is 1. The Morgan fingerprint density at radius 1 is 1.08 bits per heavy atom. The summed E-state index contributed by atoms with van der Waals surface area (Å²) in [6.07, 6.45) is 2.19. The summed E-state index contributed by atoms with van der Waals surface area (Å²) in [5.41, 5.74) is 0.176. The van der Waals surface area contributed by atoms with E-state index in [0.29, 0.717) is 23.4 Å². The van der Waals surface area contributed by atoms with Crippen LogP contribution >= 0.6 is 11.6 Å². The molecule has 0 spiro atoms. The second kappa shape index (κ2) is 12.9. The number of piperazine rings is 1.